The molecule has 1 aromatic heterocycles. The molecule has 0 unspecified atom stereocenters. The third kappa shape index (κ3) is 2.38. The summed E-state index contributed by atoms with van der Waals surface area (Å²) in [5, 5.41) is 2.97. The van der Waals surface area contributed by atoms with Crippen molar-refractivity contribution in [1.29, 1.82) is 0 Å². The summed E-state index contributed by atoms with van der Waals surface area (Å²) >= 11 is 0. The average molecular weight is 245 g/mol. The molecule has 1 amide bonds. The van der Waals surface area contributed by atoms with Crippen molar-refractivity contribution in [1.82, 2.24) is 15.2 Å². The fraction of sp³-hybridized carbons (Fsp3) is 0.571. The van der Waals surface area contributed by atoms with Crippen molar-refractivity contribution in [3.63, 3.8) is 0 Å². The van der Waals surface area contributed by atoms with Gasteiger partial charge < -0.3 is 5.32 Å². The Morgan fingerprint density at radius 2 is 2.17 bits per heavy atom. The lowest BCUT2D eigenvalue weighted by molar-refractivity contribution is -0.119. The standard InChI is InChI=1S/C14H19N3O/c18-13-9-14(11-16-13)4-7-17(8-5-14)10-12-3-1-2-6-15-12/h1-3,6H,4-5,7-11H2,(H,16,18). The van der Waals surface area contributed by atoms with Gasteiger partial charge in [-0.2, -0.15) is 0 Å². The van der Waals surface area contributed by atoms with E-state index in [0.717, 1.165) is 51.1 Å². The number of carbonyl (C=O) groups excluding carboxylic acids is 1. The van der Waals surface area contributed by atoms with E-state index < -0.39 is 0 Å². The van der Waals surface area contributed by atoms with E-state index in [9.17, 15) is 4.79 Å². The summed E-state index contributed by atoms with van der Waals surface area (Å²) in [6, 6.07) is 6.06. The fourth-order valence-electron chi connectivity index (χ4n) is 3.01. The highest BCUT2D eigenvalue weighted by Gasteiger charge is 2.40. The lowest BCUT2D eigenvalue weighted by atomic mass is 9.77. The zero-order valence-electron chi connectivity index (χ0n) is 10.6. The molecule has 2 fully saturated rings. The molecule has 0 aromatic carbocycles. The summed E-state index contributed by atoms with van der Waals surface area (Å²) < 4.78 is 0. The predicted molar refractivity (Wildman–Crippen MR) is 68.8 cm³/mol. The molecule has 0 aliphatic carbocycles. The summed E-state index contributed by atoms with van der Waals surface area (Å²) in [5.41, 5.74) is 1.38. The second-order valence-electron chi connectivity index (χ2n) is 5.55. The molecule has 2 aliphatic rings. The van der Waals surface area contributed by atoms with Crippen molar-refractivity contribution in [2.45, 2.75) is 25.8 Å². The van der Waals surface area contributed by atoms with E-state index in [1.165, 1.54) is 0 Å². The van der Waals surface area contributed by atoms with Gasteiger partial charge in [0.2, 0.25) is 5.91 Å². The number of hydrogen-bond acceptors (Lipinski definition) is 3. The van der Waals surface area contributed by atoms with Gasteiger partial charge >= 0.3 is 0 Å². The molecule has 0 saturated carbocycles. The maximum atomic E-state index is 11.4. The zero-order chi connectivity index (χ0) is 12.4. The highest BCUT2D eigenvalue weighted by Crippen LogP contribution is 2.37. The van der Waals surface area contributed by atoms with Crippen LogP contribution in [0.5, 0.6) is 0 Å². The number of likely N-dealkylation sites (tertiary alicyclic amines) is 1. The van der Waals surface area contributed by atoms with Crippen LogP contribution in [0.2, 0.25) is 0 Å². The lowest BCUT2D eigenvalue weighted by Gasteiger charge is -2.38. The molecule has 1 aromatic rings. The maximum Gasteiger partial charge on any atom is 0.220 e. The molecule has 3 heterocycles. The summed E-state index contributed by atoms with van der Waals surface area (Å²) in [4.78, 5) is 18.2. The zero-order valence-corrected chi connectivity index (χ0v) is 10.6. The molecule has 96 valence electrons. The molecule has 0 atom stereocenters. The molecule has 0 bridgehead atoms. The van der Waals surface area contributed by atoms with Gasteiger partial charge in [0.15, 0.2) is 0 Å². The Labute approximate surface area is 107 Å². The van der Waals surface area contributed by atoms with Crippen LogP contribution in [0.3, 0.4) is 0 Å². The van der Waals surface area contributed by atoms with E-state index in [1.807, 2.05) is 18.3 Å². The van der Waals surface area contributed by atoms with Gasteiger partial charge in [-0.05, 0) is 43.5 Å². The number of nitrogens with one attached hydrogen (secondary N) is 1. The van der Waals surface area contributed by atoms with Crippen molar-refractivity contribution in [2.75, 3.05) is 19.6 Å². The van der Waals surface area contributed by atoms with Gasteiger partial charge in [-0.1, -0.05) is 6.07 Å². The second-order valence-corrected chi connectivity index (χ2v) is 5.55. The van der Waals surface area contributed by atoms with Gasteiger partial charge in [0.05, 0.1) is 5.69 Å². The van der Waals surface area contributed by atoms with Crippen molar-refractivity contribution >= 4 is 5.91 Å². The summed E-state index contributed by atoms with van der Waals surface area (Å²) in [6.45, 7) is 3.96. The monoisotopic (exact) mass is 245 g/mol. The molecule has 1 N–H and O–H groups in total. The molecule has 0 radical (unpaired) electrons. The van der Waals surface area contributed by atoms with E-state index in [0.29, 0.717) is 0 Å². The highest BCUT2D eigenvalue weighted by atomic mass is 16.1. The van der Waals surface area contributed by atoms with Crippen molar-refractivity contribution in [2.24, 2.45) is 5.41 Å². The first-order valence-corrected chi connectivity index (χ1v) is 6.65. The van der Waals surface area contributed by atoms with Crippen molar-refractivity contribution < 1.29 is 4.79 Å². The molecular formula is C14H19N3O. The number of aromatic nitrogens is 1. The quantitative estimate of drug-likeness (QED) is 0.851. The van der Waals surface area contributed by atoms with Gasteiger partial charge in [-0.25, -0.2) is 0 Å². The van der Waals surface area contributed by atoms with Crippen LogP contribution in [0, 0.1) is 5.41 Å². The van der Waals surface area contributed by atoms with Crippen LogP contribution in [0.1, 0.15) is 25.0 Å². The minimum atomic E-state index is 0.230. The molecule has 2 saturated heterocycles. The molecule has 4 heteroatoms. The largest absolute Gasteiger partial charge is 0.356 e. The third-order valence-corrected chi connectivity index (χ3v) is 4.22. The Kier molecular flexibility index (Phi) is 3.04. The Morgan fingerprint density at radius 1 is 1.33 bits per heavy atom. The van der Waals surface area contributed by atoms with Gasteiger partial charge in [0.1, 0.15) is 0 Å². The van der Waals surface area contributed by atoms with Crippen LogP contribution in [0.25, 0.3) is 0 Å². The van der Waals surface area contributed by atoms with E-state index in [4.69, 9.17) is 0 Å². The number of rotatable bonds is 2. The van der Waals surface area contributed by atoms with Crippen LogP contribution in [0.4, 0.5) is 0 Å². The number of hydrogen-bond donors (Lipinski definition) is 1. The fourth-order valence-corrected chi connectivity index (χ4v) is 3.01. The molecule has 4 nitrogen and oxygen atoms in total. The van der Waals surface area contributed by atoms with Gasteiger partial charge in [0, 0.05) is 25.7 Å². The highest BCUT2D eigenvalue weighted by molar-refractivity contribution is 5.79. The number of nitrogens with zero attached hydrogens (tertiary/aromatic N) is 2. The Morgan fingerprint density at radius 3 is 2.78 bits per heavy atom. The van der Waals surface area contributed by atoms with Crippen LogP contribution in [-0.2, 0) is 11.3 Å². The number of piperidine rings is 1. The summed E-state index contributed by atoms with van der Waals surface area (Å²) in [5.74, 6) is 0.230. The molecular weight excluding hydrogens is 226 g/mol. The average Bonchev–Trinajstić information content (AvgIpc) is 2.75. The summed E-state index contributed by atoms with van der Waals surface area (Å²) in [6.07, 6.45) is 4.82. The van der Waals surface area contributed by atoms with Crippen LogP contribution in [-0.4, -0.2) is 35.4 Å². The summed E-state index contributed by atoms with van der Waals surface area (Å²) in [7, 11) is 0. The van der Waals surface area contributed by atoms with E-state index >= 15 is 0 Å². The molecule has 18 heavy (non-hydrogen) atoms. The predicted octanol–water partition coefficient (Wildman–Crippen LogP) is 1.18. The Bertz CT molecular complexity index is 424. The van der Waals surface area contributed by atoms with E-state index in [2.05, 4.69) is 21.3 Å². The minimum absolute atomic E-state index is 0.230. The minimum Gasteiger partial charge on any atom is -0.356 e. The number of amides is 1. The van der Waals surface area contributed by atoms with Crippen LogP contribution < -0.4 is 5.32 Å². The van der Waals surface area contributed by atoms with E-state index in [1.54, 1.807) is 0 Å². The Balaban J connectivity index is 1.56. The van der Waals surface area contributed by atoms with Crippen LogP contribution >= 0.6 is 0 Å². The second kappa shape index (κ2) is 4.69. The first-order chi connectivity index (χ1) is 8.76. The molecule has 1 spiro atoms. The first-order valence-electron chi connectivity index (χ1n) is 6.65. The normalized spacial score (nSPS) is 23.2. The van der Waals surface area contributed by atoms with Crippen molar-refractivity contribution in [3.8, 4) is 0 Å². The maximum absolute atomic E-state index is 11.4. The van der Waals surface area contributed by atoms with Crippen molar-refractivity contribution in [3.05, 3.63) is 30.1 Å². The Hall–Kier alpha value is -1.42. The van der Waals surface area contributed by atoms with Gasteiger partial charge in [0.25, 0.3) is 0 Å². The van der Waals surface area contributed by atoms with Gasteiger partial charge in [-0.15, -0.1) is 0 Å². The smallest absolute Gasteiger partial charge is 0.220 e. The lowest BCUT2D eigenvalue weighted by Crippen LogP contribution is -2.40. The van der Waals surface area contributed by atoms with Crippen LogP contribution in [0.15, 0.2) is 24.4 Å². The topological polar surface area (TPSA) is 45.2 Å². The SMILES string of the molecule is O=C1CC2(CCN(Cc3ccccn3)CC2)CN1. The first kappa shape index (κ1) is 11.7. The molecule has 3 rings (SSSR count). The van der Waals surface area contributed by atoms with E-state index in [-0.39, 0.29) is 11.3 Å². The molecule has 2 aliphatic heterocycles. The number of carbonyl (C=O) groups is 1. The third-order valence-electron chi connectivity index (χ3n) is 4.22. The van der Waals surface area contributed by atoms with Gasteiger partial charge in [-0.3, -0.25) is 14.7 Å². The number of pyridine rings is 1.